The van der Waals surface area contributed by atoms with Gasteiger partial charge in [-0.05, 0) is 11.5 Å². The maximum absolute atomic E-state index is 10.4. The molecule has 1 aromatic rings. The summed E-state index contributed by atoms with van der Waals surface area (Å²) in [5, 5.41) is 9.38. The fourth-order valence-electron chi connectivity index (χ4n) is 0.998. The minimum Gasteiger partial charge on any atom is -0.505 e. The quantitative estimate of drug-likeness (QED) is 0.472. The van der Waals surface area contributed by atoms with Crippen molar-refractivity contribution in [2.45, 2.75) is 0 Å². The Morgan fingerprint density at radius 3 is 2.75 bits per heavy atom. The summed E-state index contributed by atoms with van der Waals surface area (Å²) < 4.78 is 4.86. The van der Waals surface area contributed by atoms with Crippen LogP contribution in [0.4, 0.5) is 0 Å². The second-order valence-electron chi connectivity index (χ2n) is 2.51. The van der Waals surface area contributed by atoms with E-state index in [1.807, 2.05) is 0 Å². The third-order valence-electron chi connectivity index (χ3n) is 1.64. The molecule has 0 heterocycles. The van der Waals surface area contributed by atoms with Gasteiger partial charge in [-0.25, -0.2) is 0 Å². The van der Waals surface area contributed by atoms with E-state index in [1.54, 1.807) is 13.9 Å². The molecule has 1 rings (SSSR count). The lowest BCUT2D eigenvalue weighted by Gasteiger charge is -2.06. The minimum absolute atomic E-state index is 0.0862. The third kappa shape index (κ3) is 1.42. The van der Waals surface area contributed by atoms with Crippen molar-refractivity contribution in [1.29, 1.82) is 0 Å². The SMILES string of the molecule is Bc1cc(C=O)cc(OC)c1O. The predicted molar refractivity (Wildman–Crippen MR) is 48.2 cm³/mol. The molecule has 0 unspecified atom stereocenters. The van der Waals surface area contributed by atoms with E-state index in [4.69, 9.17) is 4.74 Å². The molecule has 0 amide bonds. The number of methoxy groups -OCH3 is 1. The van der Waals surface area contributed by atoms with Crippen LogP contribution in [0, 0.1) is 0 Å². The molecule has 0 aliphatic rings. The Labute approximate surface area is 71.4 Å². The van der Waals surface area contributed by atoms with Crippen LogP contribution in [0.1, 0.15) is 10.4 Å². The smallest absolute Gasteiger partial charge is 0.160 e. The molecule has 0 saturated carbocycles. The fourth-order valence-corrected chi connectivity index (χ4v) is 0.998. The number of aldehydes is 1. The van der Waals surface area contributed by atoms with Crippen molar-refractivity contribution in [3.05, 3.63) is 17.7 Å². The molecule has 0 spiro atoms. The van der Waals surface area contributed by atoms with Crippen molar-refractivity contribution in [3.63, 3.8) is 0 Å². The first-order valence-corrected chi connectivity index (χ1v) is 3.52. The molecule has 0 aliphatic heterocycles. The number of rotatable bonds is 2. The number of ether oxygens (including phenoxy) is 1. The first-order chi connectivity index (χ1) is 5.69. The Morgan fingerprint density at radius 1 is 1.58 bits per heavy atom. The molecular weight excluding hydrogens is 155 g/mol. The van der Waals surface area contributed by atoms with Gasteiger partial charge < -0.3 is 9.84 Å². The van der Waals surface area contributed by atoms with E-state index in [0.29, 0.717) is 16.8 Å². The molecule has 0 saturated heterocycles. The van der Waals surface area contributed by atoms with Gasteiger partial charge in [-0.2, -0.15) is 0 Å². The highest BCUT2D eigenvalue weighted by molar-refractivity contribution is 6.34. The van der Waals surface area contributed by atoms with Gasteiger partial charge in [0.2, 0.25) is 0 Å². The van der Waals surface area contributed by atoms with Crippen molar-refractivity contribution >= 4 is 19.6 Å². The predicted octanol–water partition coefficient (Wildman–Crippen LogP) is -0.528. The van der Waals surface area contributed by atoms with E-state index in [0.717, 1.165) is 6.29 Å². The first-order valence-electron chi connectivity index (χ1n) is 3.52. The van der Waals surface area contributed by atoms with Crippen molar-refractivity contribution in [3.8, 4) is 11.5 Å². The highest BCUT2D eigenvalue weighted by Crippen LogP contribution is 2.22. The maximum Gasteiger partial charge on any atom is 0.160 e. The summed E-state index contributed by atoms with van der Waals surface area (Å²) in [7, 11) is 3.16. The van der Waals surface area contributed by atoms with Crippen LogP contribution in [-0.2, 0) is 0 Å². The molecule has 62 valence electrons. The van der Waals surface area contributed by atoms with E-state index in [1.165, 1.54) is 13.2 Å². The molecule has 1 N–H and O–H groups in total. The molecular formula is C8H9BO3. The molecule has 0 bridgehead atoms. The molecule has 0 aromatic heterocycles. The van der Waals surface area contributed by atoms with Gasteiger partial charge in [-0.1, -0.05) is 6.07 Å². The van der Waals surface area contributed by atoms with Gasteiger partial charge in [-0.15, -0.1) is 0 Å². The zero-order chi connectivity index (χ0) is 9.14. The van der Waals surface area contributed by atoms with E-state index >= 15 is 0 Å². The van der Waals surface area contributed by atoms with Gasteiger partial charge in [0, 0.05) is 5.56 Å². The number of benzene rings is 1. The van der Waals surface area contributed by atoms with Gasteiger partial charge >= 0.3 is 0 Å². The summed E-state index contributed by atoms with van der Waals surface area (Å²) in [6, 6.07) is 3.10. The number of aromatic hydroxyl groups is 1. The Hall–Kier alpha value is -1.45. The molecule has 3 nitrogen and oxygen atoms in total. The minimum atomic E-state index is 0.0862. The average molecular weight is 164 g/mol. The van der Waals surface area contributed by atoms with Crippen LogP contribution < -0.4 is 10.2 Å². The summed E-state index contributed by atoms with van der Waals surface area (Å²) in [5.41, 5.74) is 1.14. The third-order valence-corrected chi connectivity index (χ3v) is 1.64. The van der Waals surface area contributed by atoms with E-state index in [-0.39, 0.29) is 5.75 Å². The summed E-state index contributed by atoms with van der Waals surface area (Å²) in [5.74, 6) is 0.417. The van der Waals surface area contributed by atoms with Crippen molar-refractivity contribution in [2.75, 3.05) is 7.11 Å². The zero-order valence-electron chi connectivity index (χ0n) is 7.00. The van der Waals surface area contributed by atoms with E-state index in [2.05, 4.69) is 0 Å². The number of hydrogen-bond acceptors (Lipinski definition) is 3. The second-order valence-corrected chi connectivity index (χ2v) is 2.51. The number of phenols is 1. The van der Waals surface area contributed by atoms with Gasteiger partial charge in [0.15, 0.2) is 11.5 Å². The van der Waals surface area contributed by atoms with Crippen LogP contribution in [0.5, 0.6) is 11.5 Å². The summed E-state index contributed by atoms with van der Waals surface area (Å²) >= 11 is 0. The highest BCUT2D eigenvalue weighted by Gasteiger charge is 2.05. The lowest BCUT2D eigenvalue weighted by molar-refractivity contribution is 0.112. The molecule has 0 fully saturated rings. The largest absolute Gasteiger partial charge is 0.505 e. The van der Waals surface area contributed by atoms with E-state index in [9.17, 15) is 9.90 Å². The van der Waals surface area contributed by atoms with Gasteiger partial charge in [0.05, 0.1) is 7.11 Å². The Bertz CT molecular complexity index is 309. The van der Waals surface area contributed by atoms with E-state index < -0.39 is 0 Å². The Morgan fingerprint density at radius 2 is 2.25 bits per heavy atom. The fraction of sp³-hybridized carbons (Fsp3) is 0.125. The van der Waals surface area contributed by atoms with Crippen LogP contribution in [-0.4, -0.2) is 26.3 Å². The van der Waals surface area contributed by atoms with Crippen LogP contribution in [0.3, 0.4) is 0 Å². The summed E-state index contributed by atoms with van der Waals surface area (Å²) in [6.45, 7) is 0. The number of phenolic OH excluding ortho intramolecular Hbond substituents is 1. The Kier molecular flexibility index (Phi) is 2.38. The average Bonchev–Trinajstić information content (AvgIpc) is 2.09. The van der Waals surface area contributed by atoms with Crippen LogP contribution in [0.25, 0.3) is 0 Å². The number of carbonyl (C=O) groups excluding carboxylic acids is 1. The maximum atomic E-state index is 10.4. The molecule has 0 radical (unpaired) electrons. The van der Waals surface area contributed by atoms with Crippen LogP contribution >= 0.6 is 0 Å². The van der Waals surface area contributed by atoms with Gasteiger partial charge in [-0.3, -0.25) is 4.79 Å². The molecule has 0 aliphatic carbocycles. The second kappa shape index (κ2) is 3.30. The molecule has 0 atom stereocenters. The molecule has 12 heavy (non-hydrogen) atoms. The van der Waals surface area contributed by atoms with Crippen molar-refractivity contribution < 1.29 is 14.6 Å². The lowest BCUT2D eigenvalue weighted by atomic mass is 9.93. The molecule has 4 heteroatoms. The van der Waals surface area contributed by atoms with Crippen LogP contribution in [0.15, 0.2) is 12.1 Å². The Balaban J connectivity index is 3.28. The van der Waals surface area contributed by atoms with Gasteiger partial charge in [0.25, 0.3) is 0 Å². The lowest BCUT2D eigenvalue weighted by Crippen LogP contribution is -2.05. The van der Waals surface area contributed by atoms with Gasteiger partial charge in [0.1, 0.15) is 14.1 Å². The summed E-state index contributed by atoms with van der Waals surface area (Å²) in [6.07, 6.45) is 0.717. The molecule has 1 aromatic carbocycles. The van der Waals surface area contributed by atoms with Crippen molar-refractivity contribution in [2.24, 2.45) is 0 Å². The standard InChI is InChI=1S/C8H9BO3/c1-12-7-3-5(4-10)2-6(9)8(7)11/h2-4,11H,9H2,1H3. The van der Waals surface area contributed by atoms with Crippen LogP contribution in [0.2, 0.25) is 0 Å². The topological polar surface area (TPSA) is 46.5 Å². The first kappa shape index (κ1) is 8.65. The van der Waals surface area contributed by atoms with Crippen molar-refractivity contribution in [1.82, 2.24) is 0 Å². The number of hydrogen-bond donors (Lipinski definition) is 1. The normalized spacial score (nSPS) is 9.42. The summed E-state index contributed by atoms with van der Waals surface area (Å²) in [4.78, 5) is 10.4. The number of carbonyl (C=O) groups is 1. The highest BCUT2D eigenvalue weighted by atomic mass is 16.5. The monoisotopic (exact) mass is 164 g/mol. The zero-order valence-corrected chi connectivity index (χ0v) is 7.00.